The lowest BCUT2D eigenvalue weighted by Crippen LogP contribution is -2.16. The average Bonchev–Trinajstić information content (AvgIpc) is 2.72. The molecule has 0 aliphatic heterocycles. The largest absolute Gasteiger partial charge is 0.343 e. The molecule has 0 spiro atoms. The minimum absolute atomic E-state index is 0.234. The van der Waals surface area contributed by atoms with Crippen molar-refractivity contribution >= 4 is 18.0 Å². The van der Waals surface area contributed by atoms with Crippen LogP contribution in [-0.4, -0.2) is 21.1 Å². The van der Waals surface area contributed by atoms with Crippen molar-refractivity contribution in [1.82, 2.24) is 14.8 Å². The molecule has 0 saturated heterocycles. The second-order valence-corrected chi connectivity index (χ2v) is 4.47. The number of H-pyrrole nitrogens is 1. The predicted octanol–water partition coefficient (Wildman–Crippen LogP) is 1.69. The number of nitrogens with one attached hydrogen (secondary N) is 1. The van der Waals surface area contributed by atoms with Crippen molar-refractivity contribution < 1.29 is 9.18 Å². The third-order valence-corrected chi connectivity index (χ3v) is 3.43. The van der Waals surface area contributed by atoms with Gasteiger partial charge in [0.2, 0.25) is 0 Å². The average molecular weight is 267 g/mol. The maximum absolute atomic E-state index is 13.0. The highest BCUT2D eigenvalue weighted by molar-refractivity contribution is 7.99. The molecule has 0 unspecified atom stereocenters. The van der Waals surface area contributed by atoms with Gasteiger partial charge in [0.1, 0.15) is 5.82 Å². The van der Waals surface area contributed by atoms with Crippen LogP contribution in [0.25, 0.3) is 0 Å². The van der Waals surface area contributed by atoms with E-state index in [1.807, 2.05) is 6.92 Å². The second kappa shape index (κ2) is 5.18. The van der Waals surface area contributed by atoms with Gasteiger partial charge >= 0.3 is 5.69 Å². The molecule has 0 atom stereocenters. The first kappa shape index (κ1) is 12.6. The van der Waals surface area contributed by atoms with Crippen molar-refractivity contribution in [3.05, 3.63) is 40.1 Å². The standard InChI is InChI=1S/C11H10FN3O2S/c1-2-15-10(17)13-14-11(15)18-9-4-3-8(12)5-7(9)6-16/h3-6H,2H2,1H3,(H,13,17). The van der Waals surface area contributed by atoms with Gasteiger partial charge in [0.15, 0.2) is 11.4 Å². The van der Waals surface area contributed by atoms with Crippen LogP contribution in [0.4, 0.5) is 4.39 Å². The molecule has 1 N–H and O–H groups in total. The third-order valence-electron chi connectivity index (χ3n) is 2.34. The molecule has 0 aliphatic carbocycles. The molecule has 0 aliphatic rings. The summed E-state index contributed by atoms with van der Waals surface area (Å²) < 4.78 is 14.4. The Morgan fingerprint density at radius 2 is 2.33 bits per heavy atom. The molecule has 5 nitrogen and oxygen atoms in total. The summed E-state index contributed by atoms with van der Waals surface area (Å²) in [5, 5.41) is 6.63. The summed E-state index contributed by atoms with van der Waals surface area (Å²) in [6, 6.07) is 3.90. The number of nitrogens with zero attached hydrogens (tertiary/aromatic N) is 2. The van der Waals surface area contributed by atoms with E-state index in [0.717, 1.165) is 17.8 Å². The monoisotopic (exact) mass is 267 g/mol. The summed E-state index contributed by atoms with van der Waals surface area (Å²) in [6.45, 7) is 2.28. The van der Waals surface area contributed by atoms with Crippen molar-refractivity contribution in [2.75, 3.05) is 0 Å². The topological polar surface area (TPSA) is 67.8 Å². The number of hydrogen-bond acceptors (Lipinski definition) is 4. The van der Waals surface area contributed by atoms with Crippen LogP contribution < -0.4 is 5.69 Å². The van der Waals surface area contributed by atoms with Gasteiger partial charge in [0, 0.05) is 17.0 Å². The van der Waals surface area contributed by atoms with Crippen LogP contribution in [0.15, 0.2) is 33.0 Å². The van der Waals surface area contributed by atoms with E-state index in [0.29, 0.717) is 22.9 Å². The van der Waals surface area contributed by atoms with Crippen LogP contribution in [0, 0.1) is 5.82 Å². The van der Waals surface area contributed by atoms with Gasteiger partial charge in [-0.15, -0.1) is 5.10 Å². The normalized spacial score (nSPS) is 10.6. The highest BCUT2D eigenvalue weighted by Crippen LogP contribution is 2.28. The SMILES string of the molecule is CCn1c(Sc2ccc(F)cc2C=O)n[nH]c1=O. The molecule has 2 aromatic rings. The Morgan fingerprint density at radius 3 is 3.00 bits per heavy atom. The summed E-state index contributed by atoms with van der Waals surface area (Å²) in [5.41, 5.74) is -0.0760. The fourth-order valence-electron chi connectivity index (χ4n) is 1.46. The maximum atomic E-state index is 13.0. The van der Waals surface area contributed by atoms with Crippen LogP contribution in [0.2, 0.25) is 0 Å². The van der Waals surface area contributed by atoms with E-state index in [9.17, 15) is 14.0 Å². The van der Waals surface area contributed by atoms with Crippen LogP contribution in [0.3, 0.4) is 0 Å². The molecular formula is C11H10FN3O2S. The smallest absolute Gasteiger partial charge is 0.298 e. The van der Waals surface area contributed by atoms with E-state index in [1.54, 1.807) is 0 Å². The van der Waals surface area contributed by atoms with Crippen LogP contribution in [0.5, 0.6) is 0 Å². The number of benzene rings is 1. The molecular weight excluding hydrogens is 257 g/mol. The minimum atomic E-state index is -0.476. The number of carbonyl (C=O) groups is 1. The number of aromatic nitrogens is 3. The van der Waals surface area contributed by atoms with Crippen LogP contribution >= 0.6 is 11.8 Å². The summed E-state index contributed by atoms with van der Waals surface area (Å²) in [5.74, 6) is -0.476. The van der Waals surface area contributed by atoms with Gasteiger partial charge in [-0.05, 0) is 36.9 Å². The minimum Gasteiger partial charge on any atom is -0.298 e. The van der Waals surface area contributed by atoms with Gasteiger partial charge in [-0.25, -0.2) is 14.3 Å². The van der Waals surface area contributed by atoms with E-state index in [-0.39, 0.29) is 11.3 Å². The van der Waals surface area contributed by atoms with E-state index >= 15 is 0 Å². The number of carbonyl (C=O) groups excluding carboxylic acids is 1. The molecule has 1 aromatic heterocycles. The molecule has 7 heteroatoms. The second-order valence-electron chi connectivity index (χ2n) is 3.46. The first-order chi connectivity index (χ1) is 8.65. The molecule has 0 radical (unpaired) electrons. The Bertz CT molecular complexity index is 635. The van der Waals surface area contributed by atoms with Gasteiger partial charge in [-0.1, -0.05) is 0 Å². The first-order valence-corrected chi connectivity index (χ1v) is 6.05. The molecule has 2 rings (SSSR count). The fourth-order valence-corrected chi connectivity index (χ4v) is 2.43. The Kier molecular flexibility index (Phi) is 3.61. The number of hydrogen-bond donors (Lipinski definition) is 1. The third kappa shape index (κ3) is 2.35. The lowest BCUT2D eigenvalue weighted by atomic mass is 10.2. The molecule has 0 amide bonds. The number of halogens is 1. The maximum Gasteiger partial charge on any atom is 0.343 e. The van der Waals surface area contributed by atoms with Crippen molar-refractivity contribution in [3.8, 4) is 0 Å². The van der Waals surface area contributed by atoms with Crippen molar-refractivity contribution in [1.29, 1.82) is 0 Å². The molecule has 1 aromatic carbocycles. The van der Waals surface area contributed by atoms with Gasteiger partial charge in [0.05, 0.1) is 0 Å². The van der Waals surface area contributed by atoms with E-state index in [2.05, 4.69) is 10.2 Å². The highest BCUT2D eigenvalue weighted by atomic mass is 32.2. The molecule has 1 heterocycles. The fraction of sp³-hybridized carbons (Fsp3) is 0.182. The summed E-state index contributed by atoms with van der Waals surface area (Å²) in [7, 11) is 0. The molecule has 0 bridgehead atoms. The van der Waals surface area contributed by atoms with Gasteiger partial charge < -0.3 is 0 Å². The quantitative estimate of drug-likeness (QED) is 0.856. The lowest BCUT2D eigenvalue weighted by Gasteiger charge is -2.04. The molecule has 0 saturated carbocycles. The zero-order valence-electron chi connectivity index (χ0n) is 9.51. The first-order valence-electron chi connectivity index (χ1n) is 5.23. The number of rotatable bonds is 4. The van der Waals surface area contributed by atoms with Crippen LogP contribution in [-0.2, 0) is 6.54 Å². The highest BCUT2D eigenvalue weighted by Gasteiger charge is 2.11. The van der Waals surface area contributed by atoms with Crippen LogP contribution in [0.1, 0.15) is 17.3 Å². The van der Waals surface area contributed by atoms with E-state index in [4.69, 9.17) is 0 Å². The molecule has 0 fully saturated rings. The van der Waals surface area contributed by atoms with Gasteiger partial charge in [-0.2, -0.15) is 0 Å². The van der Waals surface area contributed by atoms with Crippen molar-refractivity contribution in [2.45, 2.75) is 23.5 Å². The predicted molar refractivity (Wildman–Crippen MR) is 64.4 cm³/mol. The van der Waals surface area contributed by atoms with Crippen molar-refractivity contribution in [2.24, 2.45) is 0 Å². The number of aldehydes is 1. The zero-order valence-corrected chi connectivity index (χ0v) is 10.3. The van der Waals surface area contributed by atoms with E-state index in [1.165, 1.54) is 16.7 Å². The zero-order chi connectivity index (χ0) is 13.1. The molecule has 94 valence electrons. The Morgan fingerprint density at radius 1 is 1.56 bits per heavy atom. The lowest BCUT2D eigenvalue weighted by molar-refractivity contribution is 0.112. The Hall–Kier alpha value is -1.89. The summed E-state index contributed by atoms with van der Waals surface area (Å²) in [4.78, 5) is 22.8. The Labute approximate surface area is 106 Å². The van der Waals surface area contributed by atoms with Gasteiger partial charge in [0.25, 0.3) is 0 Å². The van der Waals surface area contributed by atoms with E-state index < -0.39 is 5.82 Å². The van der Waals surface area contributed by atoms with Crippen molar-refractivity contribution in [3.63, 3.8) is 0 Å². The summed E-state index contributed by atoms with van der Waals surface area (Å²) >= 11 is 1.14. The Balaban J connectivity index is 2.39. The number of aromatic amines is 1. The summed E-state index contributed by atoms with van der Waals surface area (Å²) in [6.07, 6.45) is 0.576. The molecule has 18 heavy (non-hydrogen) atoms. The van der Waals surface area contributed by atoms with Gasteiger partial charge in [-0.3, -0.25) is 9.36 Å².